The molecule has 1 aliphatic rings. The second kappa shape index (κ2) is 7.45. The average molecular weight is 326 g/mol. The molecule has 24 heavy (non-hydrogen) atoms. The van der Waals surface area contributed by atoms with E-state index in [4.69, 9.17) is 9.47 Å². The maximum Gasteiger partial charge on any atom is 0.231 e. The summed E-state index contributed by atoms with van der Waals surface area (Å²) in [5.41, 5.74) is 1.51. The van der Waals surface area contributed by atoms with E-state index in [1.807, 2.05) is 36.4 Å². The Morgan fingerprint density at radius 2 is 1.83 bits per heavy atom. The highest BCUT2D eigenvalue weighted by Gasteiger charge is 2.41. The van der Waals surface area contributed by atoms with Gasteiger partial charge in [-0.25, -0.2) is 0 Å². The molecule has 1 aromatic heterocycles. The van der Waals surface area contributed by atoms with Gasteiger partial charge in [0.2, 0.25) is 5.91 Å². The summed E-state index contributed by atoms with van der Waals surface area (Å²) in [5.74, 6) is 0.839. The van der Waals surface area contributed by atoms with E-state index in [0.29, 0.717) is 32.6 Å². The molecule has 3 rings (SSSR count). The molecule has 1 aromatic carbocycles. The SMILES string of the molecule is COc1ccc(C2(C(=O)NCc3ccncc3)CCOCC2)cc1. The number of amides is 1. The number of rotatable bonds is 5. The van der Waals surface area contributed by atoms with Crippen molar-refractivity contribution >= 4 is 5.91 Å². The topological polar surface area (TPSA) is 60.5 Å². The van der Waals surface area contributed by atoms with Gasteiger partial charge in [-0.1, -0.05) is 12.1 Å². The molecule has 0 bridgehead atoms. The molecule has 0 spiro atoms. The summed E-state index contributed by atoms with van der Waals surface area (Å²) in [7, 11) is 1.64. The Morgan fingerprint density at radius 1 is 1.17 bits per heavy atom. The Balaban J connectivity index is 1.80. The molecule has 1 aliphatic heterocycles. The van der Waals surface area contributed by atoms with Gasteiger partial charge in [0.25, 0.3) is 0 Å². The summed E-state index contributed by atoms with van der Waals surface area (Å²) >= 11 is 0. The summed E-state index contributed by atoms with van der Waals surface area (Å²) in [4.78, 5) is 17.0. The van der Waals surface area contributed by atoms with Crippen LogP contribution in [0.4, 0.5) is 0 Å². The minimum absolute atomic E-state index is 0.0489. The van der Waals surface area contributed by atoms with Crippen LogP contribution >= 0.6 is 0 Å². The van der Waals surface area contributed by atoms with Crippen LogP contribution in [0.5, 0.6) is 5.75 Å². The molecular formula is C19H22N2O3. The van der Waals surface area contributed by atoms with Gasteiger partial charge in [0, 0.05) is 32.2 Å². The fourth-order valence-corrected chi connectivity index (χ4v) is 3.13. The summed E-state index contributed by atoms with van der Waals surface area (Å²) < 4.78 is 10.7. The van der Waals surface area contributed by atoms with Crippen molar-refractivity contribution < 1.29 is 14.3 Å². The minimum Gasteiger partial charge on any atom is -0.497 e. The normalized spacial score (nSPS) is 16.4. The Hall–Kier alpha value is -2.40. The van der Waals surface area contributed by atoms with Crippen LogP contribution in [0.1, 0.15) is 24.0 Å². The third-order valence-corrected chi connectivity index (χ3v) is 4.63. The fraction of sp³-hybridized carbons (Fsp3) is 0.368. The van der Waals surface area contributed by atoms with Gasteiger partial charge in [-0.2, -0.15) is 0 Å². The number of ether oxygens (including phenoxy) is 2. The predicted octanol–water partition coefficient (Wildman–Crippen LogP) is 2.45. The van der Waals surface area contributed by atoms with Crippen molar-refractivity contribution in [2.75, 3.05) is 20.3 Å². The third-order valence-electron chi connectivity index (χ3n) is 4.63. The Morgan fingerprint density at radius 3 is 2.46 bits per heavy atom. The van der Waals surface area contributed by atoms with Gasteiger partial charge in [-0.05, 0) is 48.2 Å². The average Bonchev–Trinajstić information content (AvgIpc) is 2.67. The molecule has 2 heterocycles. The Labute approximate surface area is 142 Å². The van der Waals surface area contributed by atoms with Crippen LogP contribution in [-0.4, -0.2) is 31.2 Å². The lowest BCUT2D eigenvalue weighted by Crippen LogP contribution is -2.47. The highest BCUT2D eigenvalue weighted by Crippen LogP contribution is 2.36. The molecule has 0 radical (unpaired) electrons. The summed E-state index contributed by atoms with van der Waals surface area (Å²) in [6, 6.07) is 11.6. The van der Waals surface area contributed by atoms with Crippen LogP contribution in [-0.2, 0) is 21.5 Å². The Bertz CT molecular complexity index is 665. The number of carbonyl (C=O) groups is 1. The van der Waals surface area contributed by atoms with E-state index in [9.17, 15) is 4.79 Å². The molecule has 0 atom stereocenters. The number of nitrogens with one attached hydrogen (secondary N) is 1. The van der Waals surface area contributed by atoms with E-state index in [1.165, 1.54) is 0 Å². The number of nitrogens with zero attached hydrogens (tertiary/aromatic N) is 1. The van der Waals surface area contributed by atoms with E-state index >= 15 is 0 Å². The van der Waals surface area contributed by atoms with Gasteiger partial charge < -0.3 is 14.8 Å². The first kappa shape index (κ1) is 16.5. The minimum atomic E-state index is -0.544. The van der Waals surface area contributed by atoms with Crippen LogP contribution in [0.25, 0.3) is 0 Å². The quantitative estimate of drug-likeness (QED) is 0.917. The van der Waals surface area contributed by atoms with Crippen molar-refractivity contribution in [2.24, 2.45) is 0 Å². The van der Waals surface area contributed by atoms with Crippen LogP contribution in [0.3, 0.4) is 0 Å². The van der Waals surface area contributed by atoms with E-state index in [0.717, 1.165) is 16.9 Å². The zero-order valence-electron chi connectivity index (χ0n) is 13.8. The number of methoxy groups -OCH3 is 1. The standard InChI is InChI=1S/C19H22N2O3/c1-23-17-4-2-16(3-5-17)19(8-12-24-13-9-19)18(22)21-14-15-6-10-20-11-7-15/h2-7,10-11H,8-9,12-14H2,1H3,(H,21,22). The number of hydrogen-bond donors (Lipinski definition) is 1. The van der Waals surface area contributed by atoms with Crippen LogP contribution < -0.4 is 10.1 Å². The molecule has 126 valence electrons. The Kier molecular flexibility index (Phi) is 5.11. The molecule has 1 fully saturated rings. The fourth-order valence-electron chi connectivity index (χ4n) is 3.13. The molecule has 5 heteroatoms. The molecule has 0 aliphatic carbocycles. The van der Waals surface area contributed by atoms with E-state index in [2.05, 4.69) is 10.3 Å². The smallest absolute Gasteiger partial charge is 0.231 e. The van der Waals surface area contributed by atoms with Crippen molar-refractivity contribution in [2.45, 2.75) is 24.8 Å². The van der Waals surface area contributed by atoms with Crippen LogP contribution in [0.2, 0.25) is 0 Å². The first-order chi connectivity index (χ1) is 11.7. The molecule has 0 saturated carbocycles. The number of carbonyl (C=O) groups excluding carboxylic acids is 1. The first-order valence-corrected chi connectivity index (χ1v) is 8.14. The maximum atomic E-state index is 13.0. The molecule has 0 unspecified atom stereocenters. The van der Waals surface area contributed by atoms with Gasteiger partial charge in [-0.3, -0.25) is 9.78 Å². The van der Waals surface area contributed by atoms with Gasteiger partial charge in [0.15, 0.2) is 0 Å². The second-order valence-electron chi connectivity index (χ2n) is 5.96. The molecule has 1 saturated heterocycles. The van der Waals surface area contributed by atoms with Crippen LogP contribution in [0.15, 0.2) is 48.8 Å². The van der Waals surface area contributed by atoms with E-state index in [1.54, 1.807) is 19.5 Å². The number of aromatic nitrogens is 1. The van der Waals surface area contributed by atoms with E-state index in [-0.39, 0.29) is 5.91 Å². The molecular weight excluding hydrogens is 304 g/mol. The highest BCUT2D eigenvalue weighted by atomic mass is 16.5. The number of pyridine rings is 1. The summed E-state index contributed by atoms with van der Waals surface area (Å²) in [6.45, 7) is 1.68. The third kappa shape index (κ3) is 3.41. The molecule has 1 N–H and O–H groups in total. The van der Waals surface area contributed by atoms with Crippen molar-refractivity contribution in [3.63, 3.8) is 0 Å². The zero-order valence-corrected chi connectivity index (χ0v) is 13.8. The maximum absolute atomic E-state index is 13.0. The predicted molar refractivity (Wildman–Crippen MR) is 90.8 cm³/mol. The van der Waals surface area contributed by atoms with Crippen molar-refractivity contribution in [3.8, 4) is 5.75 Å². The van der Waals surface area contributed by atoms with Crippen molar-refractivity contribution in [1.82, 2.24) is 10.3 Å². The largest absolute Gasteiger partial charge is 0.497 e. The van der Waals surface area contributed by atoms with Gasteiger partial charge in [0.05, 0.1) is 12.5 Å². The summed E-state index contributed by atoms with van der Waals surface area (Å²) in [5, 5.41) is 3.08. The zero-order chi connectivity index (χ0) is 16.8. The molecule has 5 nitrogen and oxygen atoms in total. The van der Waals surface area contributed by atoms with Crippen molar-refractivity contribution in [1.29, 1.82) is 0 Å². The first-order valence-electron chi connectivity index (χ1n) is 8.14. The van der Waals surface area contributed by atoms with Crippen molar-refractivity contribution in [3.05, 3.63) is 59.9 Å². The monoisotopic (exact) mass is 326 g/mol. The highest BCUT2D eigenvalue weighted by molar-refractivity contribution is 5.88. The van der Waals surface area contributed by atoms with E-state index < -0.39 is 5.41 Å². The lowest BCUT2D eigenvalue weighted by atomic mass is 9.73. The lowest BCUT2D eigenvalue weighted by molar-refractivity contribution is -0.130. The second-order valence-corrected chi connectivity index (χ2v) is 5.96. The van der Waals surface area contributed by atoms with Crippen LogP contribution in [0, 0.1) is 0 Å². The van der Waals surface area contributed by atoms with Gasteiger partial charge >= 0.3 is 0 Å². The molecule has 2 aromatic rings. The number of hydrogen-bond acceptors (Lipinski definition) is 4. The number of benzene rings is 1. The lowest BCUT2D eigenvalue weighted by Gasteiger charge is -2.36. The molecule has 1 amide bonds. The summed E-state index contributed by atoms with van der Waals surface area (Å²) in [6.07, 6.45) is 4.83. The van der Waals surface area contributed by atoms with Gasteiger partial charge in [-0.15, -0.1) is 0 Å². The van der Waals surface area contributed by atoms with Gasteiger partial charge in [0.1, 0.15) is 5.75 Å².